The van der Waals surface area contributed by atoms with Gasteiger partial charge in [0, 0.05) is 24.9 Å². The first-order valence-corrected chi connectivity index (χ1v) is 10.2. The van der Waals surface area contributed by atoms with Crippen molar-refractivity contribution in [1.29, 1.82) is 0 Å². The van der Waals surface area contributed by atoms with Crippen LogP contribution in [0.4, 0.5) is 4.39 Å². The van der Waals surface area contributed by atoms with Crippen molar-refractivity contribution in [3.8, 4) is 0 Å². The molecule has 3 aromatic rings. The lowest BCUT2D eigenvalue weighted by molar-refractivity contribution is -0.436. The Kier molecular flexibility index (Phi) is 4.07. The molecule has 0 saturated carbocycles. The highest BCUT2D eigenvalue weighted by Crippen LogP contribution is 2.35. The van der Waals surface area contributed by atoms with Crippen LogP contribution in [-0.2, 0) is 11.2 Å². The van der Waals surface area contributed by atoms with Crippen LogP contribution in [0.5, 0.6) is 0 Å². The van der Waals surface area contributed by atoms with E-state index in [4.69, 9.17) is 0 Å². The molecule has 1 N–H and O–H groups in total. The van der Waals surface area contributed by atoms with Gasteiger partial charge in [-0.2, -0.15) is 9.67 Å². The van der Waals surface area contributed by atoms with Crippen molar-refractivity contribution in [2.75, 3.05) is 13.6 Å². The smallest absolute Gasteiger partial charge is 0.267 e. The lowest BCUT2D eigenvalue weighted by atomic mass is 9.97. The van der Waals surface area contributed by atoms with Crippen LogP contribution in [0.25, 0.3) is 5.52 Å². The van der Waals surface area contributed by atoms with E-state index in [-0.39, 0.29) is 5.91 Å². The molecule has 0 aromatic carbocycles. The van der Waals surface area contributed by atoms with Crippen LogP contribution in [0, 0.1) is 0 Å². The second-order valence-electron chi connectivity index (χ2n) is 6.90. The molecule has 0 spiro atoms. The fraction of sp³-hybridized carbons (Fsp3) is 0.263. The number of pyridine rings is 1. The van der Waals surface area contributed by atoms with E-state index in [1.165, 1.54) is 0 Å². The van der Waals surface area contributed by atoms with Crippen LogP contribution in [-0.4, -0.2) is 58.4 Å². The molecule has 5 rings (SSSR count). The molecule has 2 atom stereocenters. The van der Waals surface area contributed by atoms with Crippen LogP contribution >= 0.6 is 22.6 Å². The van der Waals surface area contributed by atoms with Gasteiger partial charge in [-0.1, -0.05) is 6.07 Å². The van der Waals surface area contributed by atoms with Crippen molar-refractivity contribution >= 4 is 39.7 Å². The number of imidazole rings is 1. The second kappa shape index (κ2) is 6.50. The van der Waals surface area contributed by atoms with Crippen molar-refractivity contribution in [1.82, 2.24) is 24.5 Å². The number of hydrogen-bond acceptors (Lipinski definition) is 3. The standard InChI is InChI=1S/C19H17FIN6O/c1-25-9-12(16(25)18(20)21)19(28)26-7-5-13-15(23-10-22-13)17(26)14-8-11-4-2-3-6-27(11)24-14/h2-4,6,8-10,17-18H,5,7H2,1H3,(H,22,23)/q+1/t17-,18?/m1/s1. The van der Waals surface area contributed by atoms with Gasteiger partial charge in [0.2, 0.25) is 9.89 Å². The van der Waals surface area contributed by atoms with E-state index in [1.807, 2.05) is 30.5 Å². The highest BCUT2D eigenvalue weighted by molar-refractivity contribution is 14.1. The lowest BCUT2D eigenvalue weighted by Crippen LogP contribution is -2.46. The van der Waals surface area contributed by atoms with Gasteiger partial charge in [0.25, 0.3) is 5.91 Å². The minimum atomic E-state index is -1.23. The fourth-order valence-electron chi connectivity index (χ4n) is 3.93. The first-order chi connectivity index (χ1) is 13.5. The number of aromatic nitrogens is 4. The monoisotopic (exact) mass is 491 g/mol. The van der Waals surface area contributed by atoms with E-state index in [0.717, 1.165) is 22.6 Å². The number of halogens is 2. The van der Waals surface area contributed by atoms with Gasteiger partial charge in [-0.25, -0.2) is 13.9 Å². The molecule has 9 heteroatoms. The summed E-state index contributed by atoms with van der Waals surface area (Å²) in [4.78, 5) is 22.7. The predicted octanol–water partition coefficient (Wildman–Crippen LogP) is 2.24. The molecular formula is C19H17FIN6O+. The van der Waals surface area contributed by atoms with Gasteiger partial charge in [-0.15, -0.1) is 0 Å². The Morgan fingerprint density at radius 3 is 3.07 bits per heavy atom. The van der Waals surface area contributed by atoms with E-state index < -0.39 is 10.2 Å². The minimum absolute atomic E-state index is 0.192. The Bertz CT molecular complexity index is 1130. The van der Waals surface area contributed by atoms with Crippen LogP contribution in [0.3, 0.4) is 0 Å². The average molecular weight is 491 g/mol. The zero-order valence-electron chi connectivity index (χ0n) is 15.0. The fourth-order valence-corrected chi connectivity index (χ4v) is 4.71. The third-order valence-electron chi connectivity index (χ3n) is 5.27. The summed E-state index contributed by atoms with van der Waals surface area (Å²) in [5.41, 5.74) is 4.31. The van der Waals surface area contributed by atoms with Crippen molar-refractivity contribution in [3.05, 3.63) is 65.6 Å². The molecule has 0 aliphatic carbocycles. The predicted molar refractivity (Wildman–Crippen MR) is 109 cm³/mol. The highest BCUT2D eigenvalue weighted by atomic mass is 127. The first-order valence-electron chi connectivity index (χ1n) is 8.92. The van der Waals surface area contributed by atoms with Gasteiger partial charge in [0.15, 0.2) is 11.8 Å². The molecule has 7 nitrogen and oxygen atoms in total. The summed E-state index contributed by atoms with van der Waals surface area (Å²) in [5, 5.41) is 4.68. The molecule has 0 bridgehead atoms. The van der Waals surface area contributed by atoms with Gasteiger partial charge in [0.05, 0.1) is 23.2 Å². The molecular weight excluding hydrogens is 474 g/mol. The molecule has 2 aliphatic heterocycles. The Morgan fingerprint density at radius 2 is 2.32 bits per heavy atom. The maximum Gasteiger partial charge on any atom is 0.267 e. The van der Waals surface area contributed by atoms with E-state index in [1.54, 1.807) is 56.2 Å². The number of aromatic amines is 1. The number of rotatable bonds is 3. The summed E-state index contributed by atoms with van der Waals surface area (Å²) in [6, 6.07) is 7.38. The average Bonchev–Trinajstić information content (AvgIpc) is 3.30. The number of carbonyl (C=O) groups is 1. The molecule has 3 aromatic heterocycles. The van der Waals surface area contributed by atoms with Crippen LogP contribution in [0.2, 0.25) is 0 Å². The zero-order valence-corrected chi connectivity index (χ0v) is 17.2. The number of fused-ring (bicyclic) bond motifs is 2. The molecule has 0 fully saturated rings. The number of alkyl halides is 2. The number of amides is 1. The third kappa shape index (κ3) is 2.60. The minimum Gasteiger partial charge on any atom is -0.348 e. The van der Waals surface area contributed by atoms with E-state index >= 15 is 0 Å². The normalized spacial score (nSPS) is 20.0. The molecule has 0 saturated heterocycles. The lowest BCUT2D eigenvalue weighted by Gasteiger charge is -2.34. The van der Waals surface area contributed by atoms with Crippen molar-refractivity contribution in [3.63, 3.8) is 0 Å². The molecule has 1 unspecified atom stereocenters. The van der Waals surface area contributed by atoms with E-state index in [0.29, 0.717) is 24.3 Å². The maximum absolute atomic E-state index is 14.0. The summed E-state index contributed by atoms with van der Waals surface area (Å²) in [6.45, 7) is 0.513. The summed E-state index contributed by atoms with van der Waals surface area (Å²) < 4.78 is 16.2. The molecule has 5 heterocycles. The van der Waals surface area contributed by atoms with Crippen molar-refractivity contribution in [2.45, 2.75) is 16.6 Å². The Balaban J connectivity index is 1.57. The SMILES string of the molecule is C[N+]1=C(C(F)I)C(C(=O)N2CCc3[nH]cnc3[C@H]2c2cc3ccccn3n2)=C1. The Morgan fingerprint density at radius 1 is 1.46 bits per heavy atom. The van der Waals surface area contributed by atoms with Crippen molar-refractivity contribution in [2.24, 2.45) is 0 Å². The van der Waals surface area contributed by atoms with Gasteiger partial charge in [0.1, 0.15) is 13.1 Å². The molecule has 1 amide bonds. The summed E-state index contributed by atoms with van der Waals surface area (Å²) in [7, 11) is 1.75. The quantitative estimate of drug-likeness (QED) is 0.347. The highest BCUT2D eigenvalue weighted by Gasteiger charge is 2.44. The van der Waals surface area contributed by atoms with Gasteiger partial charge >= 0.3 is 0 Å². The second-order valence-corrected chi connectivity index (χ2v) is 7.99. The third-order valence-corrected chi connectivity index (χ3v) is 5.86. The van der Waals surface area contributed by atoms with Crippen LogP contribution in [0.1, 0.15) is 23.1 Å². The van der Waals surface area contributed by atoms with Crippen LogP contribution < -0.4 is 0 Å². The molecule has 142 valence electrons. The Hall–Kier alpha value is -2.56. The summed E-state index contributed by atoms with van der Waals surface area (Å²) >= 11 is 1.69. The first kappa shape index (κ1) is 17.5. The van der Waals surface area contributed by atoms with E-state index in [9.17, 15) is 9.18 Å². The number of H-pyrrole nitrogens is 1. The molecule has 2 aliphatic rings. The van der Waals surface area contributed by atoms with E-state index in [2.05, 4.69) is 15.1 Å². The van der Waals surface area contributed by atoms with Gasteiger partial charge in [-0.05, 0) is 40.8 Å². The zero-order chi connectivity index (χ0) is 19.4. The Labute approximate surface area is 173 Å². The number of hydrogen-bond donors (Lipinski definition) is 1. The summed E-state index contributed by atoms with van der Waals surface area (Å²) in [5.74, 6) is -0.192. The summed E-state index contributed by atoms with van der Waals surface area (Å²) in [6.07, 6.45) is 5.88. The largest absolute Gasteiger partial charge is 0.348 e. The topological polar surface area (TPSA) is 69.3 Å². The number of nitrogens with zero attached hydrogens (tertiary/aromatic N) is 5. The maximum atomic E-state index is 14.0. The molecule has 0 radical (unpaired) electrons. The number of nitrogens with one attached hydrogen (secondary N) is 1. The number of carbonyl (C=O) groups excluding carboxylic acids is 1. The van der Waals surface area contributed by atoms with Crippen LogP contribution in [0.15, 0.2) is 48.6 Å². The van der Waals surface area contributed by atoms with Gasteiger partial charge < -0.3 is 9.88 Å². The molecule has 28 heavy (non-hydrogen) atoms. The van der Waals surface area contributed by atoms with Crippen molar-refractivity contribution < 1.29 is 13.8 Å². The van der Waals surface area contributed by atoms with Gasteiger partial charge in [-0.3, -0.25) is 4.79 Å².